The molecule has 0 aromatic heterocycles. The summed E-state index contributed by atoms with van der Waals surface area (Å²) in [4.78, 5) is 2.01. The lowest BCUT2D eigenvalue weighted by Crippen LogP contribution is -2.34. The summed E-state index contributed by atoms with van der Waals surface area (Å²) >= 11 is 5.68. The Hall–Kier alpha value is -3.12. The van der Waals surface area contributed by atoms with Gasteiger partial charge in [0.05, 0.1) is 14.2 Å². The van der Waals surface area contributed by atoms with Crippen molar-refractivity contribution in [3.8, 4) is 11.5 Å². The second-order valence-electron chi connectivity index (χ2n) is 6.46. The van der Waals surface area contributed by atoms with Crippen LogP contribution < -0.4 is 14.8 Å². The summed E-state index contributed by atoms with van der Waals surface area (Å²) < 4.78 is 24.1. The number of hydrogen-bond acceptors (Lipinski definition) is 3. The summed E-state index contributed by atoms with van der Waals surface area (Å²) in [7, 11) is 3.25. The molecule has 0 saturated carbocycles. The highest BCUT2D eigenvalue weighted by atomic mass is 32.1. The van der Waals surface area contributed by atoms with Gasteiger partial charge < -0.3 is 19.7 Å². The molecule has 0 spiro atoms. The van der Waals surface area contributed by atoms with Gasteiger partial charge in [0, 0.05) is 30.4 Å². The van der Waals surface area contributed by atoms with E-state index in [1.54, 1.807) is 26.4 Å². The predicted molar refractivity (Wildman–Crippen MR) is 118 cm³/mol. The molecule has 0 atom stereocenters. The first-order valence-corrected chi connectivity index (χ1v) is 9.56. The largest absolute Gasteiger partial charge is 0.497 e. The minimum absolute atomic E-state index is 0.262. The van der Waals surface area contributed by atoms with Crippen LogP contribution in [0.4, 0.5) is 10.1 Å². The van der Waals surface area contributed by atoms with Gasteiger partial charge in [-0.25, -0.2) is 4.39 Å². The minimum Gasteiger partial charge on any atom is -0.497 e. The van der Waals surface area contributed by atoms with Crippen molar-refractivity contribution in [3.63, 3.8) is 0 Å². The van der Waals surface area contributed by atoms with E-state index < -0.39 is 0 Å². The number of benzene rings is 3. The van der Waals surface area contributed by atoms with Crippen LogP contribution in [-0.2, 0) is 13.1 Å². The molecule has 3 rings (SSSR count). The molecular formula is C23H23FN2O2S. The molecule has 0 fully saturated rings. The second kappa shape index (κ2) is 9.89. The molecule has 0 aliphatic rings. The van der Waals surface area contributed by atoms with Crippen LogP contribution in [-0.4, -0.2) is 24.2 Å². The Balaban J connectivity index is 1.85. The fourth-order valence-electron chi connectivity index (χ4n) is 2.92. The van der Waals surface area contributed by atoms with Gasteiger partial charge >= 0.3 is 0 Å². The van der Waals surface area contributed by atoms with Gasteiger partial charge in [-0.3, -0.25) is 0 Å². The SMILES string of the molecule is COc1ccc(CN(Cc2ccc(F)cc2)C(=S)Nc2ccccc2)c(OC)c1. The number of anilines is 1. The highest BCUT2D eigenvalue weighted by molar-refractivity contribution is 7.80. The first-order valence-electron chi connectivity index (χ1n) is 9.15. The van der Waals surface area contributed by atoms with Crippen molar-refractivity contribution in [2.75, 3.05) is 19.5 Å². The third kappa shape index (κ3) is 5.68. The zero-order valence-electron chi connectivity index (χ0n) is 16.4. The Morgan fingerprint density at radius 2 is 1.66 bits per heavy atom. The van der Waals surface area contributed by atoms with Crippen LogP contribution in [0.15, 0.2) is 72.8 Å². The van der Waals surface area contributed by atoms with Gasteiger partial charge in [-0.15, -0.1) is 0 Å². The average molecular weight is 411 g/mol. The smallest absolute Gasteiger partial charge is 0.174 e. The maximum atomic E-state index is 13.3. The van der Waals surface area contributed by atoms with Crippen LogP contribution >= 0.6 is 12.2 Å². The quantitative estimate of drug-likeness (QED) is 0.539. The molecule has 150 valence electrons. The maximum Gasteiger partial charge on any atom is 0.174 e. The van der Waals surface area contributed by atoms with Crippen LogP contribution in [0, 0.1) is 5.82 Å². The van der Waals surface area contributed by atoms with Crippen LogP contribution in [0.1, 0.15) is 11.1 Å². The Labute approximate surface area is 175 Å². The molecule has 29 heavy (non-hydrogen) atoms. The number of thiocarbonyl (C=S) groups is 1. The van der Waals surface area contributed by atoms with Crippen LogP contribution in [0.5, 0.6) is 11.5 Å². The summed E-state index contributed by atoms with van der Waals surface area (Å²) in [5.41, 5.74) is 2.83. The lowest BCUT2D eigenvalue weighted by atomic mass is 10.1. The molecule has 3 aromatic rings. The molecule has 4 nitrogen and oxygen atoms in total. The summed E-state index contributed by atoms with van der Waals surface area (Å²) in [5, 5.41) is 3.84. The number of ether oxygens (including phenoxy) is 2. The molecule has 0 heterocycles. The van der Waals surface area contributed by atoms with E-state index in [9.17, 15) is 4.39 Å². The van der Waals surface area contributed by atoms with E-state index in [2.05, 4.69) is 5.32 Å². The van der Waals surface area contributed by atoms with Crippen LogP contribution in [0.2, 0.25) is 0 Å². The molecule has 0 unspecified atom stereocenters. The highest BCUT2D eigenvalue weighted by Gasteiger charge is 2.15. The normalized spacial score (nSPS) is 10.3. The fraction of sp³-hybridized carbons (Fsp3) is 0.174. The maximum absolute atomic E-state index is 13.3. The molecule has 0 amide bonds. The number of nitrogens with zero attached hydrogens (tertiary/aromatic N) is 1. The Kier molecular flexibility index (Phi) is 7.03. The Morgan fingerprint density at radius 3 is 2.31 bits per heavy atom. The lowest BCUT2D eigenvalue weighted by Gasteiger charge is -2.27. The van der Waals surface area contributed by atoms with Crippen LogP contribution in [0.3, 0.4) is 0 Å². The van der Waals surface area contributed by atoms with E-state index in [4.69, 9.17) is 21.7 Å². The third-order valence-corrected chi connectivity index (χ3v) is 4.81. The Bertz CT molecular complexity index is 949. The minimum atomic E-state index is -0.262. The summed E-state index contributed by atoms with van der Waals surface area (Å²) in [6.45, 7) is 1.04. The van der Waals surface area contributed by atoms with Gasteiger partial charge in [-0.05, 0) is 54.2 Å². The molecule has 0 radical (unpaired) electrons. The number of para-hydroxylation sites is 1. The van der Waals surface area contributed by atoms with Crippen molar-refractivity contribution in [2.45, 2.75) is 13.1 Å². The second-order valence-corrected chi connectivity index (χ2v) is 6.84. The molecule has 0 bridgehead atoms. The summed E-state index contributed by atoms with van der Waals surface area (Å²) in [5.74, 6) is 1.18. The average Bonchev–Trinajstić information content (AvgIpc) is 2.75. The van der Waals surface area contributed by atoms with Crippen molar-refractivity contribution in [1.29, 1.82) is 0 Å². The number of halogens is 1. The molecular weight excluding hydrogens is 387 g/mol. The van der Waals surface area contributed by atoms with Gasteiger partial charge in [0.1, 0.15) is 17.3 Å². The number of hydrogen-bond donors (Lipinski definition) is 1. The van der Waals surface area contributed by atoms with Crippen molar-refractivity contribution in [3.05, 3.63) is 89.7 Å². The van der Waals surface area contributed by atoms with Crippen molar-refractivity contribution >= 4 is 23.0 Å². The molecule has 1 N–H and O–H groups in total. The van der Waals surface area contributed by atoms with Crippen molar-refractivity contribution in [2.24, 2.45) is 0 Å². The zero-order chi connectivity index (χ0) is 20.6. The summed E-state index contributed by atoms with van der Waals surface area (Å²) in [6.07, 6.45) is 0. The highest BCUT2D eigenvalue weighted by Crippen LogP contribution is 2.26. The molecule has 6 heteroatoms. The molecule has 0 aliphatic heterocycles. The van der Waals surface area contributed by atoms with E-state index in [0.29, 0.717) is 18.2 Å². The van der Waals surface area contributed by atoms with Gasteiger partial charge in [-0.2, -0.15) is 0 Å². The van der Waals surface area contributed by atoms with Crippen molar-refractivity contribution < 1.29 is 13.9 Å². The first-order chi connectivity index (χ1) is 14.1. The van der Waals surface area contributed by atoms with E-state index in [-0.39, 0.29) is 5.82 Å². The van der Waals surface area contributed by atoms with Gasteiger partial charge in [0.25, 0.3) is 0 Å². The third-order valence-electron chi connectivity index (χ3n) is 4.45. The summed E-state index contributed by atoms with van der Waals surface area (Å²) in [6, 6.07) is 21.9. The van der Waals surface area contributed by atoms with Crippen molar-refractivity contribution in [1.82, 2.24) is 4.90 Å². The van der Waals surface area contributed by atoms with Crippen LogP contribution in [0.25, 0.3) is 0 Å². The monoisotopic (exact) mass is 410 g/mol. The van der Waals surface area contributed by atoms with Gasteiger partial charge in [0.2, 0.25) is 0 Å². The predicted octanol–water partition coefficient (Wildman–Crippen LogP) is 5.24. The van der Waals surface area contributed by atoms with E-state index in [0.717, 1.165) is 28.3 Å². The Morgan fingerprint density at radius 1 is 0.931 bits per heavy atom. The molecule has 0 aliphatic carbocycles. The molecule has 3 aromatic carbocycles. The van der Waals surface area contributed by atoms with Gasteiger partial charge in [0.15, 0.2) is 5.11 Å². The number of nitrogens with one attached hydrogen (secondary N) is 1. The standard InChI is InChI=1S/C23H23FN2O2S/c1-27-21-13-10-18(22(14-21)28-2)16-26(15-17-8-11-19(24)12-9-17)23(29)25-20-6-4-3-5-7-20/h3-14H,15-16H2,1-2H3,(H,25,29). The number of methoxy groups -OCH3 is 2. The van der Waals surface area contributed by atoms with E-state index in [1.807, 2.05) is 53.4 Å². The number of rotatable bonds is 7. The van der Waals surface area contributed by atoms with E-state index >= 15 is 0 Å². The first kappa shape index (κ1) is 20.6. The van der Waals surface area contributed by atoms with Gasteiger partial charge in [-0.1, -0.05) is 30.3 Å². The fourth-order valence-corrected chi connectivity index (χ4v) is 3.17. The lowest BCUT2D eigenvalue weighted by molar-refractivity contribution is 0.370. The topological polar surface area (TPSA) is 33.7 Å². The van der Waals surface area contributed by atoms with E-state index in [1.165, 1.54) is 12.1 Å². The molecule has 0 saturated heterocycles. The zero-order valence-corrected chi connectivity index (χ0v) is 17.2.